The summed E-state index contributed by atoms with van der Waals surface area (Å²) in [5.41, 5.74) is 0. The van der Waals surface area contributed by atoms with E-state index in [-0.39, 0.29) is 0 Å². The predicted octanol–water partition coefficient (Wildman–Crippen LogP) is 24.2. The summed E-state index contributed by atoms with van der Waals surface area (Å²) in [6, 6.07) is 0. The van der Waals surface area contributed by atoms with Crippen molar-refractivity contribution in [2.75, 3.05) is 24.6 Å². The molecule has 0 radical (unpaired) electrons. The molecule has 0 N–H and O–H groups in total. The van der Waals surface area contributed by atoms with Crippen molar-refractivity contribution in [3.8, 4) is 0 Å². The molecule has 0 unspecified atom stereocenters. The first-order valence-corrected chi connectivity index (χ1v) is 35.3. The van der Waals surface area contributed by atoms with E-state index >= 15 is 0 Å². The van der Waals surface area contributed by atoms with Gasteiger partial charge in [0.05, 0.1) is 0 Å². The molecule has 0 aliphatic rings. The van der Waals surface area contributed by atoms with Crippen molar-refractivity contribution < 1.29 is 0 Å². The van der Waals surface area contributed by atoms with Crippen LogP contribution in [0.4, 0.5) is 0 Å². The third-order valence-electron chi connectivity index (χ3n) is 15.3. The van der Waals surface area contributed by atoms with Gasteiger partial charge in [-0.3, -0.25) is 0 Å². The molecule has 2 heteroatoms. The van der Waals surface area contributed by atoms with E-state index in [4.69, 9.17) is 15.5 Å². The van der Waals surface area contributed by atoms with Crippen molar-refractivity contribution in [3.63, 3.8) is 0 Å². The van der Waals surface area contributed by atoms with Crippen molar-refractivity contribution in [3.05, 3.63) is 0 Å². The van der Waals surface area contributed by atoms with Crippen LogP contribution in [0.1, 0.15) is 362 Å². The first-order chi connectivity index (χ1) is 30.5. The van der Waals surface area contributed by atoms with Crippen LogP contribution in [0, 0.1) is 0 Å². The molecule has 0 bridgehead atoms. The van der Waals surface area contributed by atoms with Crippen LogP contribution in [-0.2, 0) is 0 Å². The van der Waals surface area contributed by atoms with E-state index in [2.05, 4.69) is 27.7 Å². The van der Waals surface area contributed by atoms with E-state index in [9.17, 15) is 0 Å². The van der Waals surface area contributed by atoms with E-state index in [0.29, 0.717) is 0 Å². The Morgan fingerprint density at radius 2 is 0.258 bits per heavy atom. The van der Waals surface area contributed by atoms with E-state index in [1.807, 2.05) is 0 Å². The molecule has 0 amide bonds. The fraction of sp³-hybridized carbons (Fsp3) is 1.00. The molecule has 62 heavy (non-hydrogen) atoms. The van der Waals surface area contributed by atoms with Crippen LogP contribution in [0.15, 0.2) is 0 Å². The zero-order valence-corrected chi connectivity index (χ0v) is 46.9. The Morgan fingerprint density at radius 3 is 0.371 bits per heavy atom. The average Bonchev–Trinajstić information content (AvgIpc) is 3.27. The summed E-state index contributed by atoms with van der Waals surface area (Å²) in [7, 11) is 0. The molecule has 0 spiro atoms. The fourth-order valence-corrected chi connectivity index (χ4v) is 19.2. The topological polar surface area (TPSA) is 0 Å². The Bertz CT molecular complexity index is 677. The van der Waals surface area contributed by atoms with Gasteiger partial charge in [-0.25, -0.2) is 0 Å². The number of hydrogen-bond acceptors (Lipinski definition) is 0. The van der Waals surface area contributed by atoms with Crippen molar-refractivity contribution in [2.24, 2.45) is 0 Å². The number of halogens is 1. The van der Waals surface area contributed by atoms with Crippen LogP contribution in [0.25, 0.3) is 0 Å². The zero-order chi connectivity index (χ0) is 45.0. The molecule has 0 saturated carbocycles. The summed E-state index contributed by atoms with van der Waals surface area (Å²) in [5, 5.41) is -1.89. The molecule has 0 aromatic carbocycles. The van der Waals surface area contributed by atoms with E-state index < -0.39 is 5.31 Å². The van der Waals surface area contributed by atoms with Gasteiger partial charge in [0.2, 0.25) is 0 Å². The standard InChI is InChI=1S/C60H124BrP/c1-5-9-13-17-21-25-29-33-37-41-45-49-53-57-62(61,58-54-50-46-42-38-34-30-26-22-18-14-10-6-2,59-55-51-47-43-39-35-31-27-23-19-15-11-7-3)60-56-52-48-44-40-36-32-28-24-20-16-12-8-4/h5-60H2,1-4H3. The van der Waals surface area contributed by atoms with Crippen molar-refractivity contribution >= 4 is 20.8 Å². The van der Waals surface area contributed by atoms with Crippen LogP contribution >= 0.6 is 20.8 Å². The van der Waals surface area contributed by atoms with Crippen LogP contribution in [0.5, 0.6) is 0 Å². The quantitative estimate of drug-likeness (QED) is 0.0421. The van der Waals surface area contributed by atoms with Gasteiger partial charge >= 0.3 is 328 Å². The van der Waals surface area contributed by atoms with Crippen molar-refractivity contribution in [1.82, 2.24) is 0 Å². The molecular weight excluding hydrogens is 832 g/mol. The predicted molar refractivity (Wildman–Crippen MR) is 298 cm³/mol. The maximum absolute atomic E-state index is 4.96. The SMILES string of the molecule is CCCCCCCCCCCCCCCP(Br)(CCCCCCCCCCCCCCC)(CCCCCCCCCCCCCCC)CCCCCCCCCCCCCCC. The van der Waals surface area contributed by atoms with Gasteiger partial charge in [-0.15, -0.1) is 0 Å². The van der Waals surface area contributed by atoms with Gasteiger partial charge in [-0.2, -0.15) is 0 Å². The van der Waals surface area contributed by atoms with Gasteiger partial charge < -0.3 is 0 Å². The summed E-state index contributed by atoms with van der Waals surface area (Å²) < 4.78 is 0. The smallest absolute Gasteiger partial charge is 0.0654 e. The maximum atomic E-state index is 4.96. The molecule has 0 rings (SSSR count). The fourth-order valence-electron chi connectivity index (χ4n) is 10.8. The Labute approximate surface area is 404 Å². The van der Waals surface area contributed by atoms with Gasteiger partial charge in [0.1, 0.15) is 0 Å². The Kier molecular flexibility index (Phi) is 52.1. The van der Waals surface area contributed by atoms with Gasteiger partial charge in [-0.05, 0) is 0 Å². The summed E-state index contributed by atoms with van der Waals surface area (Å²) in [6.45, 7) is 9.34. The first-order valence-electron chi connectivity index (χ1n) is 30.3. The second kappa shape index (κ2) is 51.3. The third-order valence-corrected chi connectivity index (χ3v) is 25.3. The van der Waals surface area contributed by atoms with Gasteiger partial charge in [0.25, 0.3) is 0 Å². The number of hydrogen-bond donors (Lipinski definition) is 0. The third kappa shape index (κ3) is 46.0. The Morgan fingerprint density at radius 1 is 0.161 bits per heavy atom. The normalized spacial score (nSPS) is 12.7. The molecule has 376 valence electrons. The van der Waals surface area contributed by atoms with E-state index in [1.165, 1.54) is 334 Å². The summed E-state index contributed by atoms with van der Waals surface area (Å²) >= 11 is 4.96. The van der Waals surface area contributed by atoms with Crippen LogP contribution in [0.2, 0.25) is 0 Å². The second-order valence-corrected chi connectivity index (χ2v) is 33.1. The van der Waals surface area contributed by atoms with Gasteiger partial charge in [0.15, 0.2) is 0 Å². The summed E-state index contributed by atoms with van der Waals surface area (Å²) in [6.07, 6.45) is 83.0. The van der Waals surface area contributed by atoms with Gasteiger partial charge in [-0.1, -0.05) is 79.1 Å². The first kappa shape index (κ1) is 62.9. The zero-order valence-electron chi connectivity index (χ0n) is 44.4. The Hall–Kier alpha value is 0.910. The van der Waals surface area contributed by atoms with E-state index in [1.54, 1.807) is 24.6 Å². The van der Waals surface area contributed by atoms with Crippen molar-refractivity contribution in [2.45, 2.75) is 362 Å². The van der Waals surface area contributed by atoms with Crippen molar-refractivity contribution in [1.29, 1.82) is 0 Å². The minimum atomic E-state index is -1.89. The minimum Gasteiger partial charge on any atom is -0.0654 e. The molecular formula is C60H124BrP. The Balaban J connectivity index is 5.08. The monoisotopic (exact) mass is 955 g/mol. The number of unbranched alkanes of at least 4 members (excludes halogenated alkanes) is 48. The van der Waals surface area contributed by atoms with Crippen LogP contribution in [-0.4, -0.2) is 24.6 Å². The molecule has 0 heterocycles. The summed E-state index contributed by atoms with van der Waals surface area (Å²) in [5.74, 6) is 0. The molecule has 0 aliphatic carbocycles. The molecule has 0 saturated heterocycles. The number of rotatable bonds is 56. The molecule has 0 aromatic heterocycles. The molecule has 0 fully saturated rings. The molecule has 0 aliphatic heterocycles. The average molecular weight is 957 g/mol. The van der Waals surface area contributed by atoms with Gasteiger partial charge in [0, 0.05) is 0 Å². The van der Waals surface area contributed by atoms with Crippen LogP contribution in [0.3, 0.4) is 0 Å². The van der Waals surface area contributed by atoms with E-state index in [0.717, 1.165) is 0 Å². The molecule has 0 atom stereocenters. The molecule has 0 aromatic rings. The second-order valence-electron chi connectivity index (χ2n) is 21.7. The van der Waals surface area contributed by atoms with Crippen LogP contribution < -0.4 is 0 Å². The molecule has 0 nitrogen and oxygen atoms in total. The summed E-state index contributed by atoms with van der Waals surface area (Å²) in [4.78, 5) is 0. The minimum absolute atomic E-state index is 1.37.